The van der Waals surface area contributed by atoms with Crippen molar-refractivity contribution in [3.8, 4) is 0 Å². The average Bonchev–Trinajstić information content (AvgIpc) is 2.45. The standard InChI is InChI=1S/C20H34O2/c1-12(2)16-13-10-15-19(4)8-5-7-18(3,11-21)14(19)6-9-20(13,15)17(16)22/h12-17,21-22H,5-11H2,1-4H3/t13-,14+,15+,16+,17-,18+,19+,20-/m1/s1. The Hall–Kier alpha value is -0.0800. The lowest BCUT2D eigenvalue weighted by Gasteiger charge is -2.79. The fourth-order valence-electron chi connectivity index (χ4n) is 8.11. The van der Waals surface area contributed by atoms with E-state index in [0.717, 1.165) is 5.92 Å². The molecule has 0 unspecified atom stereocenters. The molecule has 22 heavy (non-hydrogen) atoms. The molecule has 0 aliphatic heterocycles. The molecule has 0 saturated heterocycles. The second kappa shape index (κ2) is 4.51. The van der Waals surface area contributed by atoms with Crippen molar-refractivity contribution in [1.29, 1.82) is 0 Å². The van der Waals surface area contributed by atoms with Crippen LogP contribution in [-0.2, 0) is 0 Å². The summed E-state index contributed by atoms with van der Waals surface area (Å²) in [4.78, 5) is 0. The molecule has 2 nitrogen and oxygen atoms in total. The van der Waals surface area contributed by atoms with Crippen LogP contribution in [0.15, 0.2) is 0 Å². The Kier molecular flexibility index (Phi) is 3.16. The highest BCUT2D eigenvalue weighted by molar-refractivity contribution is 5.25. The summed E-state index contributed by atoms with van der Waals surface area (Å²) in [6.45, 7) is 9.72. The highest BCUT2D eigenvalue weighted by Gasteiger charge is 2.77. The van der Waals surface area contributed by atoms with Gasteiger partial charge in [-0.3, -0.25) is 0 Å². The summed E-state index contributed by atoms with van der Waals surface area (Å²) >= 11 is 0. The third-order valence-corrected chi connectivity index (χ3v) is 9.10. The van der Waals surface area contributed by atoms with Crippen molar-refractivity contribution in [2.24, 2.45) is 45.8 Å². The fraction of sp³-hybridized carbons (Fsp3) is 1.00. The first kappa shape index (κ1) is 15.4. The summed E-state index contributed by atoms with van der Waals surface area (Å²) < 4.78 is 0. The largest absolute Gasteiger partial charge is 0.396 e. The highest BCUT2D eigenvalue weighted by Crippen LogP contribution is 2.80. The second-order valence-corrected chi connectivity index (χ2v) is 10.0. The van der Waals surface area contributed by atoms with Crippen LogP contribution in [0.2, 0.25) is 0 Å². The van der Waals surface area contributed by atoms with E-state index in [1.54, 1.807) is 0 Å². The Bertz CT molecular complexity index is 466. The van der Waals surface area contributed by atoms with Crippen molar-refractivity contribution in [2.75, 3.05) is 6.61 Å². The molecule has 8 atom stereocenters. The zero-order valence-corrected chi connectivity index (χ0v) is 14.8. The minimum absolute atomic E-state index is 0.0589. The van der Waals surface area contributed by atoms with Gasteiger partial charge in [-0.1, -0.05) is 34.1 Å². The van der Waals surface area contributed by atoms with Crippen LogP contribution >= 0.6 is 0 Å². The maximum atomic E-state index is 11.0. The molecule has 0 aromatic rings. The lowest BCUT2D eigenvalue weighted by atomic mass is 9.26. The number of aliphatic hydroxyl groups is 2. The van der Waals surface area contributed by atoms with E-state index in [4.69, 9.17) is 0 Å². The van der Waals surface area contributed by atoms with Crippen LogP contribution in [0.3, 0.4) is 0 Å². The minimum atomic E-state index is -0.0589. The molecule has 0 radical (unpaired) electrons. The monoisotopic (exact) mass is 306 g/mol. The van der Waals surface area contributed by atoms with Gasteiger partial charge in [0.25, 0.3) is 0 Å². The van der Waals surface area contributed by atoms with E-state index >= 15 is 0 Å². The van der Waals surface area contributed by atoms with E-state index in [0.29, 0.717) is 35.7 Å². The molecule has 4 aliphatic rings. The molecule has 0 aromatic heterocycles. The summed E-state index contributed by atoms with van der Waals surface area (Å²) in [5.41, 5.74) is 0.729. The van der Waals surface area contributed by atoms with Gasteiger partial charge >= 0.3 is 0 Å². The van der Waals surface area contributed by atoms with Crippen molar-refractivity contribution in [2.45, 2.75) is 72.3 Å². The van der Waals surface area contributed by atoms with Crippen LogP contribution in [0.1, 0.15) is 66.2 Å². The zero-order valence-electron chi connectivity index (χ0n) is 14.8. The fourth-order valence-corrected chi connectivity index (χ4v) is 8.11. The van der Waals surface area contributed by atoms with Gasteiger partial charge in [0.15, 0.2) is 0 Å². The Labute approximate surface area is 135 Å². The van der Waals surface area contributed by atoms with Crippen molar-refractivity contribution in [3.05, 3.63) is 0 Å². The van der Waals surface area contributed by atoms with Gasteiger partial charge < -0.3 is 10.2 Å². The lowest BCUT2D eigenvalue weighted by molar-refractivity contribution is -0.349. The summed E-state index contributed by atoms with van der Waals surface area (Å²) in [5, 5.41) is 21.0. The van der Waals surface area contributed by atoms with Gasteiger partial charge in [-0.25, -0.2) is 0 Å². The minimum Gasteiger partial charge on any atom is -0.396 e. The molecule has 0 aromatic carbocycles. The van der Waals surface area contributed by atoms with Crippen molar-refractivity contribution in [1.82, 2.24) is 0 Å². The summed E-state index contributed by atoms with van der Waals surface area (Å²) in [6.07, 6.45) is 7.47. The Balaban J connectivity index is 1.65. The summed E-state index contributed by atoms with van der Waals surface area (Å²) in [6, 6.07) is 0. The first-order valence-electron chi connectivity index (χ1n) is 9.60. The number of rotatable bonds is 2. The van der Waals surface area contributed by atoms with Gasteiger partial charge in [0.05, 0.1) is 6.10 Å². The SMILES string of the molecule is CC(C)[C@@H]1[C@@H](O)[C@@]23CC[C@H]4[C@](C)(CO)CCC[C@]4(C)[C@@H]2C[C@H]13. The molecule has 4 saturated carbocycles. The molecular weight excluding hydrogens is 272 g/mol. The van der Waals surface area contributed by atoms with E-state index in [1.807, 2.05) is 0 Å². The molecule has 4 aliphatic carbocycles. The van der Waals surface area contributed by atoms with Gasteiger partial charge in [0.1, 0.15) is 0 Å². The number of hydrogen-bond donors (Lipinski definition) is 2. The Morgan fingerprint density at radius 1 is 1.09 bits per heavy atom. The molecular formula is C20H34O2. The van der Waals surface area contributed by atoms with Crippen molar-refractivity contribution >= 4 is 0 Å². The zero-order chi connectivity index (χ0) is 15.9. The average molecular weight is 306 g/mol. The van der Waals surface area contributed by atoms with Gasteiger partial charge in [-0.05, 0) is 72.5 Å². The van der Waals surface area contributed by atoms with Crippen LogP contribution in [0.4, 0.5) is 0 Å². The Morgan fingerprint density at radius 2 is 1.82 bits per heavy atom. The van der Waals surface area contributed by atoms with Gasteiger partial charge in [0, 0.05) is 12.0 Å². The van der Waals surface area contributed by atoms with E-state index in [-0.39, 0.29) is 16.9 Å². The number of aliphatic hydroxyl groups excluding tert-OH is 2. The predicted octanol–water partition coefficient (Wildman–Crippen LogP) is 3.85. The van der Waals surface area contributed by atoms with Crippen molar-refractivity contribution in [3.63, 3.8) is 0 Å². The van der Waals surface area contributed by atoms with Crippen LogP contribution in [0.5, 0.6) is 0 Å². The molecule has 1 spiro atoms. The van der Waals surface area contributed by atoms with Crippen LogP contribution < -0.4 is 0 Å². The molecule has 4 fully saturated rings. The van der Waals surface area contributed by atoms with Crippen molar-refractivity contribution < 1.29 is 10.2 Å². The topological polar surface area (TPSA) is 40.5 Å². The van der Waals surface area contributed by atoms with Crippen LogP contribution in [0, 0.1) is 45.8 Å². The molecule has 0 heterocycles. The first-order chi connectivity index (χ1) is 10.3. The summed E-state index contributed by atoms with van der Waals surface area (Å²) in [5.74, 6) is 3.31. The molecule has 0 amide bonds. The maximum Gasteiger partial charge on any atom is 0.0635 e. The molecule has 4 rings (SSSR count). The molecule has 2 N–H and O–H groups in total. The third-order valence-electron chi connectivity index (χ3n) is 9.10. The molecule has 2 heteroatoms. The van der Waals surface area contributed by atoms with E-state index < -0.39 is 0 Å². The normalized spacial score (nSPS) is 59.9. The smallest absolute Gasteiger partial charge is 0.0635 e. The number of hydrogen-bond acceptors (Lipinski definition) is 2. The second-order valence-electron chi connectivity index (χ2n) is 10.0. The van der Waals surface area contributed by atoms with Crippen LogP contribution in [-0.4, -0.2) is 22.9 Å². The first-order valence-corrected chi connectivity index (χ1v) is 9.60. The van der Waals surface area contributed by atoms with Gasteiger partial charge in [0.2, 0.25) is 0 Å². The number of fused-ring (bicyclic) bond motifs is 2. The quantitative estimate of drug-likeness (QED) is 0.813. The Morgan fingerprint density at radius 3 is 2.41 bits per heavy atom. The van der Waals surface area contributed by atoms with E-state index in [1.165, 1.54) is 38.5 Å². The lowest BCUT2D eigenvalue weighted by Crippen LogP contribution is -2.78. The molecule has 0 bridgehead atoms. The van der Waals surface area contributed by atoms with E-state index in [9.17, 15) is 10.2 Å². The van der Waals surface area contributed by atoms with E-state index in [2.05, 4.69) is 27.7 Å². The van der Waals surface area contributed by atoms with Gasteiger partial charge in [-0.2, -0.15) is 0 Å². The molecule has 126 valence electrons. The highest BCUT2D eigenvalue weighted by atomic mass is 16.3. The predicted molar refractivity (Wildman–Crippen MR) is 88.2 cm³/mol. The third kappa shape index (κ3) is 1.50. The maximum absolute atomic E-state index is 11.0. The summed E-state index contributed by atoms with van der Waals surface area (Å²) in [7, 11) is 0. The van der Waals surface area contributed by atoms with Crippen LogP contribution in [0.25, 0.3) is 0 Å². The van der Waals surface area contributed by atoms with Gasteiger partial charge in [-0.15, -0.1) is 0 Å².